The number of ketones is 1. The predicted octanol–water partition coefficient (Wildman–Crippen LogP) is -1.10. The first kappa shape index (κ1) is 44.3. The number of fused-ring (bicyclic) bond motifs is 3. The summed E-state index contributed by atoms with van der Waals surface area (Å²) in [4.78, 5) is 84.7. The molecule has 9 rings (SSSR count). The summed E-state index contributed by atoms with van der Waals surface area (Å²) >= 11 is 0. The molecule has 0 amide bonds. The van der Waals surface area contributed by atoms with Crippen molar-refractivity contribution in [2.45, 2.75) is 48.2 Å². The molecular weight excluding hydrogens is 924 g/mol. The van der Waals surface area contributed by atoms with Gasteiger partial charge in [-0.2, -0.15) is 0 Å². The molecule has 0 aromatic heterocycles. The fourth-order valence-electron chi connectivity index (χ4n) is 8.26. The van der Waals surface area contributed by atoms with E-state index in [4.69, 9.17) is 33.2 Å². The number of ether oxygens (including phenoxy) is 7. The quantitative estimate of drug-likeness (QED) is 0.0491. The molecule has 7 atom stereocenters. The molecule has 4 heterocycles. The van der Waals surface area contributed by atoms with Crippen LogP contribution in [0.3, 0.4) is 0 Å². The van der Waals surface area contributed by atoms with Gasteiger partial charge in [0.05, 0.1) is 33.7 Å². The monoisotopic (exact) mass is 952 g/mol. The lowest BCUT2D eigenvalue weighted by Gasteiger charge is -2.44. The highest BCUT2D eigenvalue weighted by Gasteiger charge is 2.70. The minimum absolute atomic E-state index is 0.182. The van der Waals surface area contributed by atoms with Gasteiger partial charge in [0.15, 0.2) is 64.0 Å². The lowest BCUT2D eigenvalue weighted by Crippen LogP contribution is -2.66. The van der Waals surface area contributed by atoms with Crippen LogP contribution in [0.15, 0.2) is 42.0 Å². The number of hydrogen-bond acceptors (Lipinski definition) is 27. The van der Waals surface area contributed by atoms with E-state index in [0.29, 0.717) is 30.3 Å². The second kappa shape index (κ2) is 14.8. The van der Waals surface area contributed by atoms with Gasteiger partial charge >= 0.3 is 29.8 Å². The number of carbonyl (C=O) groups is 6. The summed E-state index contributed by atoms with van der Waals surface area (Å²) in [6, 6.07) is 2.38. The van der Waals surface area contributed by atoms with Crippen molar-refractivity contribution in [2.75, 3.05) is 6.61 Å². The second-order valence-electron chi connectivity index (χ2n) is 15.5. The summed E-state index contributed by atoms with van der Waals surface area (Å²) < 4.78 is 39.1. The summed E-state index contributed by atoms with van der Waals surface area (Å²) in [5, 5.41) is 150. The Bertz CT molecular complexity index is 3020. The van der Waals surface area contributed by atoms with Gasteiger partial charge in [0, 0.05) is 16.7 Å². The third kappa shape index (κ3) is 6.21. The number of carbonyl (C=O) groups excluding carboxylic acids is 6. The van der Waals surface area contributed by atoms with Gasteiger partial charge in [-0.25, -0.2) is 24.0 Å². The van der Waals surface area contributed by atoms with Gasteiger partial charge in [-0.1, -0.05) is 0 Å². The van der Waals surface area contributed by atoms with Crippen molar-refractivity contribution in [1.29, 1.82) is 0 Å². The minimum atomic E-state index is -4.03. The summed E-state index contributed by atoms with van der Waals surface area (Å²) in [6.45, 7) is -1.29. The molecule has 27 heteroatoms. The Labute approximate surface area is 373 Å². The molecule has 0 radical (unpaired) electrons. The third-order valence-corrected chi connectivity index (χ3v) is 11.5. The van der Waals surface area contributed by atoms with Crippen LogP contribution < -0.4 is 4.74 Å². The maximum Gasteiger partial charge on any atom is 0.340 e. The standard InChI is InChI=1S/C41H28O27/c42-13-1-8(2-14(43)24(13)48)34(54)67-39-33-32-30(64-37(57)11-5-17(46)27(51)31-22(11)23-12(38(58)66-33)6-19(47)40(59,60)41(23,61)68-31)18(63-39)7-62-35(55)9-3-15(44)25(49)28(52)20(9)21-10(36(56)65-32)4-16(45)26(50)29(21)53/h1-6,18,23,30,32-33,39,42-46,48-53,59-61H,7H2/t18-,23?,30-,32+,33-,39+,41?/m1/s1. The molecule has 1 saturated heterocycles. The van der Waals surface area contributed by atoms with Crippen molar-refractivity contribution in [3.63, 3.8) is 0 Å². The van der Waals surface area contributed by atoms with E-state index in [-0.39, 0.29) is 6.08 Å². The molecule has 68 heavy (non-hydrogen) atoms. The van der Waals surface area contributed by atoms with Crippen LogP contribution in [0, 0.1) is 0 Å². The van der Waals surface area contributed by atoms with Crippen molar-refractivity contribution in [1.82, 2.24) is 0 Å². The van der Waals surface area contributed by atoms with E-state index < -0.39 is 204 Å². The normalized spacial score (nSPS) is 25.7. The Morgan fingerprint density at radius 3 is 1.68 bits per heavy atom. The van der Waals surface area contributed by atoms with Gasteiger partial charge in [0.1, 0.15) is 12.7 Å². The number of cyclic esters (lactones) is 1. The molecule has 1 aliphatic carbocycles. The highest BCUT2D eigenvalue weighted by atomic mass is 16.8. The van der Waals surface area contributed by atoms with Crippen LogP contribution in [0.2, 0.25) is 0 Å². The van der Waals surface area contributed by atoms with Crippen LogP contribution in [-0.2, 0) is 38.0 Å². The van der Waals surface area contributed by atoms with Crippen molar-refractivity contribution >= 4 is 35.6 Å². The molecule has 14 N–H and O–H groups in total. The van der Waals surface area contributed by atoms with Crippen molar-refractivity contribution in [3.8, 4) is 80.1 Å². The molecule has 4 aliphatic heterocycles. The molecule has 27 nitrogen and oxygen atoms in total. The van der Waals surface area contributed by atoms with Gasteiger partial charge in [-0.05, 0) is 36.4 Å². The minimum Gasteiger partial charge on any atom is -0.504 e. The number of hydrogen-bond donors (Lipinski definition) is 14. The van der Waals surface area contributed by atoms with Crippen LogP contribution >= 0.6 is 0 Å². The number of aromatic hydroxyl groups is 11. The number of phenols is 11. The van der Waals surface area contributed by atoms with Crippen LogP contribution in [-0.4, -0.2) is 156 Å². The highest BCUT2D eigenvalue weighted by Crippen LogP contribution is 2.60. The molecule has 354 valence electrons. The molecule has 1 fully saturated rings. The molecule has 0 saturated carbocycles. The third-order valence-electron chi connectivity index (χ3n) is 11.5. The van der Waals surface area contributed by atoms with Gasteiger partial charge in [-0.15, -0.1) is 0 Å². The maximum atomic E-state index is 14.6. The summed E-state index contributed by atoms with van der Waals surface area (Å²) in [7, 11) is 0. The number of benzene rings is 4. The first-order valence-electron chi connectivity index (χ1n) is 19.1. The second-order valence-corrected chi connectivity index (χ2v) is 15.5. The van der Waals surface area contributed by atoms with Gasteiger partial charge in [0.2, 0.25) is 35.4 Å². The van der Waals surface area contributed by atoms with Crippen LogP contribution in [0.4, 0.5) is 0 Å². The predicted molar refractivity (Wildman–Crippen MR) is 204 cm³/mol. The molecule has 5 aliphatic rings. The van der Waals surface area contributed by atoms with E-state index in [1.807, 2.05) is 0 Å². The Balaban J connectivity index is 1.29. The van der Waals surface area contributed by atoms with E-state index >= 15 is 0 Å². The lowest BCUT2D eigenvalue weighted by molar-refractivity contribution is -0.323. The average Bonchev–Trinajstić information content (AvgIpc) is 3.61. The summed E-state index contributed by atoms with van der Waals surface area (Å²) in [5.74, 6) is -36.3. The van der Waals surface area contributed by atoms with E-state index in [1.54, 1.807) is 0 Å². The fourth-order valence-corrected chi connectivity index (χ4v) is 8.26. The zero-order valence-electron chi connectivity index (χ0n) is 33.2. The fraction of sp³-hybridized carbons (Fsp3) is 0.220. The first-order valence-corrected chi connectivity index (χ1v) is 19.1. The zero-order valence-corrected chi connectivity index (χ0v) is 33.2. The molecule has 4 aromatic carbocycles. The topological polar surface area (TPSA) is 450 Å². The van der Waals surface area contributed by atoms with Gasteiger partial charge in [-0.3, -0.25) is 4.79 Å². The molecule has 4 aromatic rings. The first-order chi connectivity index (χ1) is 31.9. The van der Waals surface area contributed by atoms with E-state index in [9.17, 15) is 100 Å². The van der Waals surface area contributed by atoms with E-state index in [0.717, 1.165) is 0 Å². The molecule has 4 bridgehead atoms. The lowest BCUT2D eigenvalue weighted by atomic mass is 9.74. The number of phenolic OH excluding ortho intramolecular Hbond substituents is 11. The van der Waals surface area contributed by atoms with E-state index in [1.165, 1.54) is 0 Å². The van der Waals surface area contributed by atoms with Crippen LogP contribution in [0.5, 0.6) is 69.0 Å². The summed E-state index contributed by atoms with van der Waals surface area (Å²) in [6.07, 6.45) is -12.1. The molecular formula is C41H28O27. The summed E-state index contributed by atoms with van der Waals surface area (Å²) in [5.41, 5.74) is -8.23. The smallest absolute Gasteiger partial charge is 0.340 e. The highest BCUT2D eigenvalue weighted by molar-refractivity contribution is 6.09. The van der Waals surface area contributed by atoms with Crippen LogP contribution in [0.1, 0.15) is 52.9 Å². The largest absolute Gasteiger partial charge is 0.504 e. The van der Waals surface area contributed by atoms with Crippen LogP contribution in [0.25, 0.3) is 11.1 Å². The Morgan fingerprint density at radius 2 is 1.07 bits per heavy atom. The average molecular weight is 953 g/mol. The van der Waals surface area contributed by atoms with Crippen molar-refractivity contribution < 1.29 is 133 Å². The Kier molecular flexibility index (Phi) is 9.64. The molecule has 2 unspecified atom stereocenters. The van der Waals surface area contributed by atoms with Gasteiger partial charge < -0.3 is 105 Å². The number of aliphatic hydroxyl groups is 3. The number of rotatable bonds is 2. The number of esters is 5. The maximum absolute atomic E-state index is 14.6. The SMILES string of the molecule is O=C1O[C@H]2[C@H](OC(=O)c3cc(O)c(O)c(O)c3)O[C@@H]3COC(=O)c4cc(O)c(O)c(O)c4-c4c(cc(O)c(O)c4O)C(=O)O[C@H]2[C@@H]3OC(=O)c2cc(O)c(O)c3c2C2C1=CC(=O)C(O)(O)C2(O)O3. The Hall–Kier alpha value is -8.92. The zero-order chi connectivity index (χ0) is 49.4. The molecule has 0 spiro atoms. The van der Waals surface area contributed by atoms with Gasteiger partial charge in [0.25, 0.3) is 11.6 Å². The Morgan fingerprint density at radius 1 is 0.574 bits per heavy atom. The van der Waals surface area contributed by atoms with Crippen molar-refractivity contribution in [3.05, 3.63) is 69.8 Å². The van der Waals surface area contributed by atoms with Crippen molar-refractivity contribution in [2.24, 2.45) is 0 Å². The van der Waals surface area contributed by atoms with E-state index in [2.05, 4.69) is 0 Å².